The summed E-state index contributed by atoms with van der Waals surface area (Å²) in [6.45, 7) is 7.90. The molecule has 0 aromatic rings. The Hall–Kier alpha value is 0.270. The van der Waals surface area contributed by atoms with Crippen molar-refractivity contribution < 1.29 is 9.47 Å². The van der Waals surface area contributed by atoms with Crippen LogP contribution in [-0.4, -0.2) is 24.8 Å². The molecule has 3 heteroatoms. The second kappa shape index (κ2) is 13.3. The average Bonchev–Trinajstić information content (AvgIpc) is 2.38. The van der Waals surface area contributed by atoms with Crippen LogP contribution < -0.4 is 0 Å². The van der Waals surface area contributed by atoms with Crippen LogP contribution in [-0.2, 0) is 9.47 Å². The van der Waals surface area contributed by atoms with Gasteiger partial charge in [0.05, 0.1) is 0 Å². The van der Waals surface area contributed by atoms with Crippen molar-refractivity contribution in [2.45, 2.75) is 84.3 Å². The Kier molecular flexibility index (Phi) is 13.5. The van der Waals surface area contributed by atoms with Gasteiger partial charge in [-0.2, -0.15) is 12.6 Å². The van der Waals surface area contributed by atoms with Gasteiger partial charge in [0.15, 0.2) is 5.79 Å². The van der Waals surface area contributed by atoms with E-state index in [2.05, 4.69) is 19.6 Å². The van der Waals surface area contributed by atoms with Crippen molar-refractivity contribution in [3.8, 4) is 0 Å². The highest BCUT2D eigenvalue weighted by molar-refractivity contribution is 7.80. The van der Waals surface area contributed by atoms with Crippen LogP contribution in [0.3, 0.4) is 0 Å². The minimum atomic E-state index is -0.422. The Labute approximate surface area is 126 Å². The highest BCUT2D eigenvalue weighted by Crippen LogP contribution is 2.14. The predicted molar refractivity (Wildman–Crippen MR) is 87.1 cm³/mol. The Morgan fingerprint density at radius 1 is 0.737 bits per heavy atom. The standard InChI is InChI=1S/C16H34O2S/c1-4-5-6-7-10-13-17-16(2,3)18-14-11-8-9-12-15-19/h19H,4-15H2,1-3H3. The molecule has 0 saturated heterocycles. The highest BCUT2D eigenvalue weighted by atomic mass is 32.1. The molecule has 0 aromatic carbocycles. The second-order valence-corrected chi connectivity index (χ2v) is 6.10. The van der Waals surface area contributed by atoms with Gasteiger partial charge in [0.2, 0.25) is 0 Å². The van der Waals surface area contributed by atoms with E-state index in [1.165, 1.54) is 44.9 Å². The van der Waals surface area contributed by atoms with E-state index in [4.69, 9.17) is 9.47 Å². The predicted octanol–water partition coefficient (Wildman–Crippen LogP) is 5.22. The lowest BCUT2D eigenvalue weighted by molar-refractivity contribution is -0.214. The molecule has 0 fully saturated rings. The van der Waals surface area contributed by atoms with Gasteiger partial charge in [-0.15, -0.1) is 0 Å². The minimum absolute atomic E-state index is 0.422. The summed E-state index contributed by atoms with van der Waals surface area (Å²) in [6.07, 6.45) is 11.2. The van der Waals surface area contributed by atoms with Crippen LogP contribution in [0.1, 0.15) is 78.6 Å². The van der Waals surface area contributed by atoms with Crippen molar-refractivity contribution in [3.05, 3.63) is 0 Å². The number of hydrogen-bond acceptors (Lipinski definition) is 3. The zero-order valence-corrected chi connectivity index (χ0v) is 14.1. The first-order chi connectivity index (χ1) is 9.12. The van der Waals surface area contributed by atoms with Crippen molar-refractivity contribution in [1.29, 1.82) is 0 Å². The van der Waals surface area contributed by atoms with Gasteiger partial charge in [-0.05, 0) is 38.9 Å². The fraction of sp³-hybridized carbons (Fsp3) is 1.00. The smallest absolute Gasteiger partial charge is 0.162 e. The molecule has 0 radical (unpaired) electrons. The van der Waals surface area contributed by atoms with Crippen molar-refractivity contribution in [2.24, 2.45) is 0 Å². The summed E-state index contributed by atoms with van der Waals surface area (Å²) in [5.74, 6) is 0.571. The molecule has 0 aliphatic rings. The van der Waals surface area contributed by atoms with E-state index in [1.54, 1.807) is 0 Å². The maximum Gasteiger partial charge on any atom is 0.162 e. The first-order valence-electron chi connectivity index (χ1n) is 8.01. The molecule has 0 unspecified atom stereocenters. The van der Waals surface area contributed by atoms with Crippen LogP contribution in [0.2, 0.25) is 0 Å². The number of ether oxygens (including phenoxy) is 2. The third-order valence-electron chi connectivity index (χ3n) is 3.20. The SMILES string of the molecule is CCCCCCCOC(C)(C)OCCCCCCS. The molecule has 0 aliphatic heterocycles. The maximum absolute atomic E-state index is 5.80. The quantitative estimate of drug-likeness (QED) is 0.269. The van der Waals surface area contributed by atoms with E-state index < -0.39 is 5.79 Å². The lowest BCUT2D eigenvalue weighted by Crippen LogP contribution is -2.29. The molecular weight excluding hydrogens is 256 g/mol. The molecule has 0 aromatic heterocycles. The third-order valence-corrected chi connectivity index (χ3v) is 3.52. The Bertz CT molecular complexity index is 166. The van der Waals surface area contributed by atoms with Gasteiger partial charge in [0.25, 0.3) is 0 Å². The first kappa shape index (κ1) is 19.3. The van der Waals surface area contributed by atoms with Crippen LogP contribution >= 0.6 is 12.6 Å². The minimum Gasteiger partial charge on any atom is -0.351 e. The molecule has 0 spiro atoms. The fourth-order valence-electron chi connectivity index (χ4n) is 1.95. The summed E-state index contributed by atoms with van der Waals surface area (Å²) in [6, 6.07) is 0. The van der Waals surface area contributed by atoms with E-state index in [-0.39, 0.29) is 0 Å². The van der Waals surface area contributed by atoms with Gasteiger partial charge in [-0.1, -0.05) is 45.4 Å². The Balaban J connectivity index is 3.36. The monoisotopic (exact) mass is 290 g/mol. The molecule has 0 N–H and O–H groups in total. The molecule has 19 heavy (non-hydrogen) atoms. The number of hydrogen-bond donors (Lipinski definition) is 1. The largest absolute Gasteiger partial charge is 0.351 e. The van der Waals surface area contributed by atoms with E-state index in [9.17, 15) is 0 Å². The number of rotatable bonds is 14. The van der Waals surface area contributed by atoms with Crippen LogP contribution in [0.25, 0.3) is 0 Å². The molecule has 0 saturated carbocycles. The third kappa shape index (κ3) is 14.5. The highest BCUT2D eigenvalue weighted by Gasteiger charge is 2.17. The lowest BCUT2D eigenvalue weighted by Gasteiger charge is -2.25. The molecule has 0 rings (SSSR count). The van der Waals surface area contributed by atoms with Crippen LogP contribution in [0.5, 0.6) is 0 Å². The molecule has 0 heterocycles. The van der Waals surface area contributed by atoms with Gasteiger partial charge >= 0.3 is 0 Å². The molecular formula is C16H34O2S. The zero-order valence-electron chi connectivity index (χ0n) is 13.2. The van der Waals surface area contributed by atoms with Crippen molar-refractivity contribution >= 4 is 12.6 Å². The summed E-state index contributed by atoms with van der Waals surface area (Å²) in [7, 11) is 0. The summed E-state index contributed by atoms with van der Waals surface area (Å²) in [5, 5.41) is 0. The lowest BCUT2D eigenvalue weighted by atomic mass is 10.2. The normalized spacial score (nSPS) is 12.0. The van der Waals surface area contributed by atoms with Gasteiger partial charge in [0, 0.05) is 13.2 Å². The van der Waals surface area contributed by atoms with Crippen LogP contribution in [0, 0.1) is 0 Å². The van der Waals surface area contributed by atoms with E-state index >= 15 is 0 Å². The molecule has 0 atom stereocenters. The van der Waals surface area contributed by atoms with Gasteiger partial charge in [-0.25, -0.2) is 0 Å². The molecule has 0 amide bonds. The van der Waals surface area contributed by atoms with E-state index in [0.717, 1.165) is 31.8 Å². The zero-order chi connectivity index (χ0) is 14.4. The maximum atomic E-state index is 5.80. The second-order valence-electron chi connectivity index (χ2n) is 5.65. The van der Waals surface area contributed by atoms with Gasteiger partial charge in [-0.3, -0.25) is 0 Å². The molecule has 2 nitrogen and oxygen atoms in total. The van der Waals surface area contributed by atoms with Crippen LogP contribution in [0.4, 0.5) is 0 Å². The van der Waals surface area contributed by atoms with Crippen molar-refractivity contribution in [1.82, 2.24) is 0 Å². The van der Waals surface area contributed by atoms with Crippen LogP contribution in [0.15, 0.2) is 0 Å². The summed E-state index contributed by atoms with van der Waals surface area (Å²) >= 11 is 4.21. The number of unbranched alkanes of at least 4 members (excludes halogenated alkanes) is 7. The summed E-state index contributed by atoms with van der Waals surface area (Å²) < 4.78 is 11.6. The molecule has 0 bridgehead atoms. The van der Waals surface area contributed by atoms with E-state index in [0.29, 0.717) is 0 Å². The van der Waals surface area contributed by atoms with Gasteiger partial charge in [0.1, 0.15) is 0 Å². The Morgan fingerprint density at radius 3 is 1.68 bits per heavy atom. The topological polar surface area (TPSA) is 18.5 Å². The molecule has 0 aliphatic carbocycles. The summed E-state index contributed by atoms with van der Waals surface area (Å²) in [5.41, 5.74) is 0. The fourth-order valence-corrected chi connectivity index (χ4v) is 2.17. The number of thiol groups is 1. The van der Waals surface area contributed by atoms with Gasteiger partial charge < -0.3 is 9.47 Å². The van der Waals surface area contributed by atoms with E-state index in [1.807, 2.05) is 13.8 Å². The summed E-state index contributed by atoms with van der Waals surface area (Å²) in [4.78, 5) is 0. The van der Waals surface area contributed by atoms with Crippen molar-refractivity contribution in [3.63, 3.8) is 0 Å². The first-order valence-corrected chi connectivity index (χ1v) is 8.64. The van der Waals surface area contributed by atoms with Crippen molar-refractivity contribution in [2.75, 3.05) is 19.0 Å². The average molecular weight is 291 g/mol. The molecule has 116 valence electrons. The Morgan fingerprint density at radius 2 is 1.21 bits per heavy atom.